The van der Waals surface area contributed by atoms with E-state index in [1.54, 1.807) is 0 Å². The van der Waals surface area contributed by atoms with Crippen molar-refractivity contribution in [3.8, 4) is 10.6 Å². The van der Waals surface area contributed by atoms with E-state index in [9.17, 15) is 18.4 Å². The Morgan fingerprint density at radius 3 is 2.76 bits per heavy atom. The van der Waals surface area contributed by atoms with Crippen LogP contribution in [0.4, 0.5) is 13.6 Å². The van der Waals surface area contributed by atoms with Gasteiger partial charge < -0.3 is 25.3 Å². The number of hydrogen-bond acceptors (Lipinski definition) is 12. The zero-order valence-corrected chi connectivity index (χ0v) is 26.2. The lowest BCUT2D eigenvalue weighted by Gasteiger charge is -2.26. The molecule has 0 spiro atoms. The number of rotatable bonds is 11. The van der Waals surface area contributed by atoms with Gasteiger partial charge in [-0.05, 0) is 44.7 Å². The summed E-state index contributed by atoms with van der Waals surface area (Å²) in [5.74, 6) is -2.44. The Morgan fingerprint density at radius 2 is 2.00 bits per heavy atom. The first-order chi connectivity index (χ1) is 22.3. The van der Waals surface area contributed by atoms with Gasteiger partial charge in [-0.2, -0.15) is 14.2 Å². The predicted octanol–water partition coefficient (Wildman–Crippen LogP) is 3.72. The number of aliphatic imine (C=N–C) groups is 1. The molecule has 1 saturated carbocycles. The van der Waals surface area contributed by atoms with Crippen molar-refractivity contribution >= 4 is 35.2 Å². The lowest BCUT2D eigenvalue weighted by Crippen LogP contribution is -2.38. The summed E-state index contributed by atoms with van der Waals surface area (Å²) in [4.78, 5) is 40.5. The SMILES string of the molecule is CCOC1CCC(N=C/C(NC(=O)c2csc(-c3cnn(C(=O)OCCN4CCOCC4)c3)n2)=C(\N)c2nc(F)ccc2F)CC1.[HH]. The number of ether oxygens (including phenoxy) is 3. The van der Waals surface area contributed by atoms with Gasteiger partial charge in [-0.15, -0.1) is 11.3 Å². The van der Waals surface area contributed by atoms with E-state index in [4.69, 9.17) is 19.9 Å². The zero-order valence-electron chi connectivity index (χ0n) is 25.4. The number of hydrogen-bond donors (Lipinski definition) is 2. The second-order valence-corrected chi connectivity index (χ2v) is 11.5. The molecule has 0 radical (unpaired) electrons. The van der Waals surface area contributed by atoms with Crippen LogP contribution in [0.3, 0.4) is 0 Å². The summed E-state index contributed by atoms with van der Waals surface area (Å²) in [5, 5.41) is 8.65. The molecule has 13 nitrogen and oxygen atoms in total. The van der Waals surface area contributed by atoms with Crippen molar-refractivity contribution in [3.63, 3.8) is 0 Å². The van der Waals surface area contributed by atoms with Crippen molar-refractivity contribution in [2.75, 3.05) is 46.1 Å². The van der Waals surface area contributed by atoms with Crippen molar-refractivity contribution in [1.82, 2.24) is 30.0 Å². The maximum absolute atomic E-state index is 14.6. The average molecular weight is 661 g/mol. The summed E-state index contributed by atoms with van der Waals surface area (Å²) in [6.45, 7) is 6.28. The molecule has 248 valence electrons. The highest BCUT2D eigenvalue weighted by molar-refractivity contribution is 7.13. The minimum Gasteiger partial charge on any atom is -0.447 e. The third-order valence-corrected chi connectivity index (χ3v) is 8.45. The molecule has 0 unspecified atom stereocenters. The fourth-order valence-electron chi connectivity index (χ4n) is 5.06. The maximum Gasteiger partial charge on any atom is 0.434 e. The minimum atomic E-state index is -0.929. The van der Waals surface area contributed by atoms with Crippen molar-refractivity contribution < 1.29 is 34.0 Å². The maximum atomic E-state index is 14.6. The Balaban J connectivity index is 0.00000500. The summed E-state index contributed by atoms with van der Waals surface area (Å²) in [6, 6.07) is 1.72. The molecule has 3 aromatic rings. The molecule has 4 heterocycles. The van der Waals surface area contributed by atoms with Crippen LogP contribution in [0.1, 0.15) is 50.2 Å². The van der Waals surface area contributed by atoms with Crippen LogP contribution in [0.2, 0.25) is 0 Å². The van der Waals surface area contributed by atoms with Crippen molar-refractivity contribution in [2.45, 2.75) is 44.8 Å². The van der Waals surface area contributed by atoms with E-state index in [1.165, 1.54) is 24.0 Å². The predicted molar refractivity (Wildman–Crippen MR) is 168 cm³/mol. The number of thiazole rings is 1. The average Bonchev–Trinajstić information content (AvgIpc) is 3.76. The van der Waals surface area contributed by atoms with E-state index >= 15 is 0 Å². The molecular weight excluding hydrogens is 622 g/mol. The largest absolute Gasteiger partial charge is 0.447 e. The lowest BCUT2D eigenvalue weighted by molar-refractivity contribution is 0.0280. The van der Waals surface area contributed by atoms with Gasteiger partial charge in [-0.3, -0.25) is 14.7 Å². The third-order valence-electron chi connectivity index (χ3n) is 7.56. The van der Waals surface area contributed by atoms with E-state index in [2.05, 4.69) is 30.3 Å². The molecular formula is C30H38F2N8O5S. The molecule has 0 bridgehead atoms. The lowest BCUT2D eigenvalue weighted by atomic mass is 9.93. The molecule has 1 aliphatic carbocycles. The number of morpholine rings is 1. The standard InChI is InChI=1S/C30H36F2N8O5S.H2/c1-2-44-21-5-3-20(4-6-21)34-16-23(26(33)27-22(31)7-8-25(32)38-27)36-28(41)24-18-46-29(37-24)19-15-35-40(17-19)30(42)45-14-11-39-9-12-43-13-10-39;/h7-8,15-18,20-21H,2-6,9-14,33H2,1H3,(H,36,41);1H/b26-23+,34-16?;. The van der Waals surface area contributed by atoms with Crippen LogP contribution in [0.15, 0.2) is 40.6 Å². The number of pyridine rings is 1. The number of allylic oxidation sites excluding steroid dienone is 1. The molecule has 0 aromatic carbocycles. The van der Waals surface area contributed by atoms with Gasteiger partial charge in [-0.25, -0.2) is 19.2 Å². The topological polar surface area (TPSA) is 159 Å². The number of nitrogens with two attached hydrogens (primary N) is 1. The highest BCUT2D eigenvalue weighted by Crippen LogP contribution is 2.25. The molecule has 46 heavy (non-hydrogen) atoms. The second kappa shape index (κ2) is 15.9. The van der Waals surface area contributed by atoms with Gasteiger partial charge in [0, 0.05) is 51.0 Å². The van der Waals surface area contributed by atoms with Crippen LogP contribution >= 0.6 is 11.3 Å². The Bertz CT molecular complexity index is 1570. The van der Waals surface area contributed by atoms with E-state index in [0.29, 0.717) is 36.9 Å². The van der Waals surface area contributed by atoms with E-state index in [0.717, 1.165) is 66.9 Å². The summed E-state index contributed by atoms with van der Waals surface area (Å²) >= 11 is 1.16. The Morgan fingerprint density at radius 1 is 1.22 bits per heavy atom. The van der Waals surface area contributed by atoms with Crippen LogP contribution < -0.4 is 11.1 Å². The minimum absolute atomic E-state index is 0. The van der Waals surface area contributed by atoms with Gasteiger partial charge in [0.25, 0.3) is 5.91 Å². The molecule has 2 fully saturated rings. The normalized spacial score (nSPS) is 19.6. The van der Waals surface area contributed by atoms with E-state index in [1.807, 2.05) is 6.92 Å². The summed E-state index contributed by atoms with van der Waals surface area (Å²) < 4.78 is 45.9. The van der Waals surface area contributed by atoms with Crippen molar-refractivity contribution in [1.29, 1.82) is 0 Å². The smallest absolute Gasteiger partial charge is 0.434 e. The number of amides is 1. The number of aromatic nitrogens is 4. The molecule has 1 amide bonds. The van der Waals surface area contributed by atoms with Crippen LogP contribution in [-0.2, 0) is 14.2 Å². The molecule has 0 atom stereocenters. The first-order valence-corrected chi connectivity index (χ1v) is 15.9. The fraction of sp³-hybridized carbons (Fsp3) is 0.467. The fourth-order valence-corrected chi connectivity index (χ4v) is 5.84. The van der Waals surface area contributed by atoms with Crippen LogP contribution in [0.25, 0.3) is 16.3 Å². The summed E-state index contributed by atoms with van der Waals surface area (Å²) in [6.07, 6.45) is 7.00. The highest BCUT2D eigenvalue weighted by Gasteiger charge is 2.22. The molecule has 3 aromatic heterocycles. The summed E-state index contributed by atoms with van der Waals surface area (Å²) in [5.41, 5.74) is 5.96. The van der Waals surface area contributed by atoms with Gasteiger partial charge >= 0.3 is 6.09 Å². The Kier molecular flexibility index (Phi) is 11.5. The van der Waals surface area contributed by atoms with Gasteiger partial charge in [-0.1, -0.05) is 0 Å². The van der Waals surface area contributed by atoms with Gasteiger partial charge in [0.2, 0.25) is 5.95 Å². The summed E-state index contributed by atoms with van der Waals surface area (Å²) in [7, 11) is 0. The van der Waals surface area contributed by atoms with Gasteiger partial charge in [0.1, 0.15) is 23.0 Å². The van der Waals surface area contributed by atoms with E-state index in [-0.39, 0.29) is 37.3 Å². The van der Waals surface area contributed by atoms with Crippen molar-refractivity contribution in [3.05, 3.63) is 58.8 Å². The monoisotopic (exact) mass is 660 g/mol. The molecule has 1 aliphatic heterocycles. The molecule has 5 rings (SSSR count). The molecule has 2 aliphatic rings. The first kappa shape index (κ1) is 33.2. The first-order valence-electron chi connectivity index (χ1n) is 15.1. The number of nitrogens with one attached hydrogen (secondary N) is 1. The third kappa shape index (κ3) is 8.78. The molecule has 3 N–H and O–H groups in total. The van der Waals surface area contributed by atoms with Crippen molar-refractivity contribution in [2.24, 2.45) is 10.7 Å². The number of halogens is 2. The number of nitrogens with zero attached hydrogens (tertiary/aromatic N) is 6. The zero-order chi connectivity index (χ0) is 32.5. The Hall–Kier alpha value is -4.12. The number of carbonyl (C=O) groups excluding carboxylic acids is 2. The van der Waals surface area contributed by atoms with E-state index < -0.39 is 29.5 Å². The number of carbonyl (C=O) groups is 2. The quantitative estimate of drug-likeness (QED) is 0.229. The van der Waals surface area contributed by atoms with Crippen LogP contribution in [0, 0.1) is 11.8 Å². The molecule has 1 saturated heterocycles. The molecule has 16 heteroatoms. The second-order valence-electron chi connectivity index (χ2n) is 10.7. The van der Waals surface area contributed by atoms with Gasteiger partial charge in [0.15, 0.2) is 5.82 Å². The van der Waals surface area contributed by atoms with Gasteiger partial charge in [0.05, 0.1) is 43.0 Å². The Labute approximate surface area is 269 Å². The van der Waals surface area contributed by atoms with Crippen LogP contribution in [-0.4, -0.2) is 101 Å². The highest BCUT2D eigenvalue weighted by atomic mass is 32.1. The van der Waals surface area contributed by atoms with Crippen LogP contribution in [0.5, 0.6) is 0 Å².